The molecule has 0 aliphatic carbocycles. The molecular formula is C19H17N3O3. The van der Waals surface area contributed by atoms with Crippen molar-refractivity contribution in [2.45, 2.75) is 13.0 Å². The van der Waals surface area contributed by atoms with E-state index < -0.39 is 12.1 Å². The van der Waals surface area contributed by atoms with Crippen LogP contribution in [0.25, 0.3) is 11.0 Å². The summed E-state index contributed by atoms with van der Waals surface area (Å²) in [7, 11) is 1.65. The maximum absolute atomic E-state index is 12.4. The first-order chi connectivity index (χ1) is 12.1. The summed E-state index contributed by atoms with van der Waals surface area (Å²) >= 11 is 0. The summed E-state index contributed by atoms with van der Waals surface area (Å²) in [4.78, 5) is 34.5. The topological polar surface area (TPSA) is 72.4 Å². The fourth-order valence-electron chi connectivity index (χ4n) is 2.42. The summed E-state index contributed by atoms with van der Waals surface area (Å²) < 4.78 is 5.31. The molecule has 0 unspecified atom stereocenters. The van der Waals surface area contributed by atoms with Gasteiger partial charge in [0.05, 0.1) is 16.6 Å². The summed E-state index contributed by atoms with van der Waals surface area (Å²) in [5.41, 5.74) is 2.34. The second-order valence-corrected chi connectivity index (χ2v) is 5.54. The minimum Gasteiger partial charge on any atom is -0.449 e. The van der Waals surface area contributed by atoms with Crippen molar-refractivity contribution in [2.24, 2.45) is 0 Å². The number of rotatable bonds is 4. The monoisotopic (exact) mass is 335 g/mol. The third-order valence-corrected chi connectivity index (χ3v) is 3.81. The van der Waals surface area contributed by atoms with Crippen molar-refractivity contribution in [3.63, 3.8) is 0 Å². The van der Waals surface area contributed by atoms with Crippen molar-refractivity contribution >= 4 is 28.6 Å². The largest absolute Gasteiger partial charge is 0.449 e. The van der Waals surface area contributed by atoms with Gasteiger partial charge in [-0.2, -0.15) is 0 Å². The molecule has 6 nitrogen and oxygen atoms in total. The van der Waals surface area contributed by atoms with Crippen molar-refractivity contribution in [2.75, 3.05) is 11.9 Å². The molecule has 3 aromatic rings. The van der Waals surface area contributed by atoms with Crippen LogP contribution in [0.15, 0.2) is 60.9 Å². The molecule has 0 spiro atoms. The van der Waals surface area contributed by atoms with Crippen LogP contribution in [-0.4, -0.2) is 35.0 Å². The molecule has 6 heteroatoms. The number of anilines is 1. The van der Waals surface area contributed by atoms with Crippen LogP contribution < -0.4 is 4.90 Å². The van der Waals surface area contributed by atoms with E-state index in [0.29, 0.717) is 16.6 Å². The highest BCUT2D eigenvalue weighted by atomic mass is 16.5. The molecule has 1 atom stereocenters. The summed E-state index contributed by atoms with van der Waals surface area (Å²) in [6.07, 6.45) is 2.23. The molecule has 0 bridgehead atoms. The lowest BCUT2D eigenvalue weighted by atomic mass is 10.2. The quantitative estimate of drug-likeness (QED) is 0.686. The van der Waals surface area contributed by atoms with E-state index in [1.54, 1.807) is 44.6 Å². The highest BCUT2D eigenvalue weighted by Crippen LogP contribution is 2.15. The Labute approximate surface area is 145 Å². The van der Waals surface area contributed by atoms with Crippen LogP contribution in [0.5, 0.6) is 0 Å². The molecule has 0 aliphatic heterocycles. The zero-order valence-electron chi connectivity index (χ0n) is 13.9. The van der Waals surface area contributed by atoms with Crippen LogP contribution in [0.4, 0.5) is 5.69 Å². The smallest absolute Gasteiger partial charge is 0.338 e. The molecule has 1 heterocycles. The first-order valence-electron chi connectivity index (χ1n) is 7.80. The Hall–Kier alpha value is -3.28. The molecular weight excluding hydrogens is 318 g/mol. The standard InChI is InChI=1S/C19H17N3O3/c1-13(18(23)22(2)15-6-4-3-5-7-15)25-19(24)14-8-9-16-17(12-14)21-11-10-20-16/h3-13H,1-2H3/t13-/m1/s1. The lowest BCUT2D eigenvalue weighted by Gasteiger charge is -2.21. The number of benzene rings is 2. The average molecular weight is 335 g/mol. The highest BCUT2D eigenvalue weighted by molar-refractivity contribution is 5.99. The van der Waals surface area contributed by atoms with Gasteiger partial charge in [-0.05, 0) is 37.3 Å². The van der Waals surface area contributed by atoms with Crippen molar-refractivity contribution in [3.05, 3.63) is 66.5 Å². The summed E-state index contributed by atoms with van der Waals surface area (Å²) in [5.74, 6) is -0.880. The number of esters is 1. The van der Waals surface area contributed by atoms with Crippen LogP contribution in [0.2, 0.25) is 0 Å². The van der Waals surface area contributed by atoms with E-state index in [2.05, 4.69) is 9.97 Å². The van der Waals surface area contributed by atoms with Gasteiger partial charge in [0.2, 0.25) is 0 Å². The van der Waals surface area contributed by atoms with E-state index in [-0.39, 0.29) is 5.91 Å². The number of amides is 1. The molecule has 1 amide bonds. The number of aromatic nitrogens is 2. The number of hydrogen-bond acceptors (Lipinski definition) is 5. The summed E-state index contributed by atoms with van der Waals surface area (Å²) in [6.45, 7) is 1.56. The van der Waals surface area contributed by atoms with Crippen LogP contribution in [-0.2, 0) is 9.53 Å². The van der Waals surface area contributed by atoms with Gasteiger partial charge in [-0.25, -0.2) is 4.79 Å². The van der Waals surface area contributed by atoms with Crippen molar-refractivity contribution < 1.29 is 14.3 Å². The van der Waals surface area contributed by atoms with Gasteiger partial charge < -0.3 is 9.64 Å². The Morgan fingerprint density at radius 1 is 1.00 bits per heavy atom. The molecule has 0 saturated carbocycles. The number of fused-ring (bicyclic) bond motifs is 1. The number of para-hydroxylation sites is 1. The Balaban J connectivity index is 1.71. The Bertz CT molecular complexity index is 912. The fourth-order valence-corrected chi connectivity index (χ4v) is 2.42. The summed E-state index contributed by atoms with van der Waals surface area (Å²) in [5, 5.41) is 0. The average Bonchev–Trinajstić information content (AvgIpc) is 2.67. The molecule has 0 N–H and O–H groups in total. The van der Waals surface area contributed by atoms with Crippen LogP contribution in [0, 0.1) is 0 Å². The van der Waals surface area contributed by atoms with Crippen LogP contribution >= 0.6 is 0 Å². The van der Waals surface area contributed by atoms with E-state index in [0.717, 1.165) is 5.69 Å². The molecule has 0 radical (unpaired) electrons. The van der Waals surface area contributed by atoms with Gasteiger partial charge in [0, 0.05) is 25.1 Å². The van der Waals surface area contributed by atoms with Crippen LogP contribution in [0.3, 0.4) is 0 Å². The van der Waals surface area contributed by atoms with Gasteiger partial charge in [-0.3, -0.25) is 14.8 Å². The van der Waals surface area contributed by atoms with E-state index in [4.69, 9.17) is 4.74 Å². The van der Waals surface area contributed by atoms with E-state index >= 15 is 0 Å². The maximum Gasteiger partial charge on any atom is 0.338 e. The minimum atomic E-state index is -0.907. The SMILES string of the molecule is C[C@@H](OC(=O)c1ccc2nccnc2c1)C(=O)N(C)c1ccccc1. The first-order valence-corrected chi connectivity index (χ1v) is 7.80. The van der Waals surface area contributed by atoms with Gasteiger partial charge in [0.25, 0.3) is 5.91 Å². The van der Waals surface area contributed by atoms with Gasteiger partial charge >= 0.3 is 5.97 Å². The number of ether oxygens (including phenoxy) is 1. The number of likely N-dealkylation sites (N-methyl/N-ethyl adjacent to an activating group) is 1. The fraction of sp³-hybridized carbons (Fsp3) is 0.158. The van der Waals surface area contributed by atoms with E-state index in [1.165, 1.54) is 4.90 Å². The second kappa shape index (κ2) is 7.09. The third-order valence-electron chi connectivity index (χ3n) is 3.81. The molecule has 0 fully saturated rings. The van der Waals surface area contributed by atoms with E-state index in [9.17, 15) is 9.59 Å². The zero-order valence-corrected chi connectivity index (χ0v) is 13.9. The number of hydrogen-bond donors (Lipinski definition) is 0. The minimum absolute atomic E-state index is 0.305. The lowest BCUT2D eigenvalue weighted by Crippen LogP contribution is -2.37. The predicted molar refractivity (Wildman–Crippen MR) is 94.3 cm³/mol. The number of nitrogens with zero attached hydrogens (tertiary/aromatic N) is 3. The molecule has 1 aromatic heterocycles. The number of carbonyl (C=O) groups is 2. The first kappa shape index (κ1) is 16.6. The van der Waals surface area contributed by atoms with Gasteiger partial charge in [-0.15, -0.1) is 0 Å². The second-order valence-electron chi connectivity index (χ2n) is 5.54. The van der Waals surface area contributed by atoms with E-state index in [1.807, 2.05) is 30.3 Å². The van der Waals surface area contributed by atoms with Gasteiger partial charge in [0.15, 0.2) is 6.10 Å². The third kappa shape index (κ3) is 3.63. The molecule has 0 aliphatic rings. The predicted octanol–water partition coefficient (Wildman–Crippen LogP) is 2.84. The van der Waals surface area contributed by atoms with Crippen molar-refractivity contribution in [1.82, 2.24) is 9.97 Å². The Morgan fingerprint density at radius 3 is 2.40 bits per heavy atom. The molecule has 25 heavy (non-hydrogen) atoms. The molecule has 126 valence electrons. The zero-order chi connectivity index (χ0) is 17.8. The van der Waals surface area contributed by atoms with Gasteiger partial charge in [0.1, 0.15) is 0 Å². The molecule has 0 saturated heterocycles. The maximum atomic E-state index is 12.4. The Morgan fingerprint density at radius 2 is 1.68 bits per heavy atom. The van der Waals surface area contributed by atoms with Crippen LogP contribution in [0.1, 0.15) is 17.3 Å². The number of carbonyl (C=O) groups excluding carboxylic acids is 2. The summed E-state index contributed by atoms with van der Waals surface area (Å²) in [6, 6.07) is 14.1. The Kier molecular flexibility index (Phi) is 4.70. The van der Waals surface area contributed by atoms with Gasteiger partial charge in [-0.1, -0.05) is 18.2 Å². The molecule has 2 aromatic carbocycles. The molecule has 3 rings (SSSR count). The highest BCUT2D eigenvalue weighted by Gasteiger charge is 2.23. The lowest BCUT2D eigenvalue weighted by molar-refractivity contribution is -0.126. The normalized spacial score (nSPS) is 11.8. The van der Waals surface area contributed by atoms with Crippen molar-refractivity contribution in [3.8, 4) is 0 Å². The van der Waals surface area contributed by atoms with Crippen molar-refractivity contribution in [1.29, 1.82) is 0 Å².